The molecule has 0 radical (unpaired) electrons. The van der Waals surface area contributed by atoms with Gasteiger partial charge in [-0.1, -0.05) is 6.92 Å². The molecule has 2 N–H and O–H groups in total. The SMILES string of the molecule is CCC(NC(=O)N(C)Cc1ccoc1)C(=O)O. The van der Waals surface area contributed by atoms with Gasteiger partial charge in [-0.3, -0.25) is 0 Å². The van der Waals surface area contributed by atoms with Crippen LogP contribution in [0, 0.1) is 0 Å². The highest BCUT2D eigenvalue weighted by molar-refractivity contribution is 5.82. The molecule has 94 valence electrons. The highest BCUT2D eigenvalue weighted by atomic mass is 16.4. The van der Waals surface area contributed by atoms with E-state index in [-0.39, 0.29) is 0 Å². The Morgan fingerprint density at radius 3 is 2.76 bits per heavy atom. The van der Waals surface area contributed by atoms with E-state index in [1.54, 1.807) is 20.0 Å². The van der Waals surface area contributed by atoms with Crippen LogP contribution in [-0.2, 0) is 11.3 Å². The number of nitrogens with one attached hydrogen (secondary N) is 1. The maximum Gasteiger partial charge on any atom is 0.326 e. The van der Waals surface area contributed by atoms with Crippen molar-refractivity contribution < 1.29 is 19.1 Å². The van der Waals surface area contributed by atoms with E-state index >= 15 is 0 Å². The Morgan fingerprint density at radius 1 is 1.59 bits per heavy atom. The smallest absolute Gasteiger partial charge is 0.326 e. The fourth-order valence-corrected chi connectivity index (χ4v) is 1.33. The second kappa shape index (κ2) is 5.93. The predicted octanol–water partition coefficient (Wildman–Crippen LogP) is 1.28. The van der Waals surface area contributed by atoms with Crippen LogP contribution in [0.4, 0.5) is 4.79 Å². The lowest BCUT2D eigenvalue weighted by atomic mass is 10.2. The van der Waals surface area contributed by atoms with Gasteiger partial charge in [0.1, 0.15) is 6.04 Å². The van der Waals surface area contributed by atoms with Crippen molar-refractivity contribution >= 4 is 12.0 Å². The number of carbonyl (C=O) groups excluding carboxylic acids is 1. The first-order chi connectivity index (χ1) is 8.04. The Hall–Kier alpha value is -1.98. The number of hydrogen-bond donors (Lipinski definition) is 2. The van der Waals surface area contributed by atoms with Crippen LogP contribution in [0.25, 0.3) is 0 Å². The molecular weight excluding hydrogens is 224 g/mol. The molecule has 0 aliphatic carbocycles. The lowest BCUT2D eigenvalue weighted by molar-refractivity contribution is -0.139. The van der Waals surface area contributed by atoms with E-state index in [4.69, 9.17) is 9.52 Å². The molecule has 1 aromatic rings. The first-order valence-corrected chi connectivity index (χ1v) is 5.30. The van der Waals surface area contributed by atoms with Crippen molar-refractivity contribution in [1.82, 2.24) is 10.2 Å². The van der Waals surface area contributed by atoms with Gasteiger partial charge in [-0.05, 0) is 12.5 Å². The lowest BCUT2D eigenvalue weighted by Gasteiger charge is -2.20. The van der Waals surface area contributed by atoms with Gasteiger partial charge in [0, 0.05) is 12.6 Å². The van der Waals surface area contributed by atoms with Gasteiger partial charge in [0.05, 0.1) is 19.1 Å². The van der Waals surface area contributed by atoms with Crippen LogP contribution >= 0.6 is 0 Å². The molecule has 1 rings (SSSR count). The summed E-state index contributed by atoms with van der Waals surface area (Å²) >= 11 is 0. The van der Waals surface area contributed by atoms with Gasteiger partial charge >= 0.3 is 12.0 Å². The second-order valence-electron chi connectivity index (χ2n) is 3.74. The molecule has 6 heteroatoms. The van der Waals surface area contributed by atoms with Crippen LogP contribution in [0.1, 0.15) is 18.9 Å². The van der Waals surface area contributed by atoms with E-state index < -0.39 is 18.0 Å². The third-order valence-electron chi connectivity index (χ3n) is 2.35. The third kappa shape index (κ3) is 3.82. The minimum Gasteiger partial charge on any atom is -0.480 e. The molecule has 0 saturated heterocycles. The van der Waals surface area contributed by atoms with Gasteiger partial charge in [-0.15, -0.1) is 0 Å². The number of nitrogens with zero attached hydrogens (tertiary/aromatic N) is 1. The van der Waals surface area contributed by atoms with E-state index in [1.807, 2.05) is 0 Å². The minimum absolute atomic E-state index is 0.348. The second-order valence-corrected chi connectivity index (χ2v) is 3.74. The fraction of sp³-hybridized carbons (Fsp3) is 0.455. The number of carbonyl (C=O) groups is 2. The molecule has 6 nitrogen and oxygen atoms in total. The van der Waals surface area contributed by atoms with Crippen molar-refractivity contribution in [3.05, 3.63) is 24.2 Å². The first-order valence-electron chi connectivity index (χ1n) is 5.30. The minimum atomic E-state index is -1.03. The van der Waals surface area contributed by atoms with Crippen LogP contribution in [0.5, 0.6) is 0 Å². The summed E-state index contributed by atoms with van der Waals surface area (Å²) in [5.74, 6) is -1.03. The average Bonchev–Trinajstić information content (AvgIpc) is 2.77. The van der Waals surface area contributed by atoms with Crippen molar-refractivity contribution in [2.45, 2.75) is 25.9 Å². The molecule has 1 unspecified atom stereocenters. The van der Waals surface area contributed by atoms with Crippen LogP contribution in [-0.4, -0.2) is 35.1 Å². The molecule has 0 bridgehead atoms. The Balaban J connectivity index is 2.49. The van der Waals surface area contributed by atoms with Crippen LogP contribution in [0.3, 0.4) is 0 Å². The molecule has 0 spiro atoms. The molecule has 1 aromatic heterocycles. The molecule has 0 aliphatic heterocycles. The summed E-state index contributed by atoms with van der Waals surface area (Å²) in [5.41, 5.74) is 0.853. The number of urea groups is 1. The largest absolute Gasteiger partial charge is 0.480 e. The van der Waals surface area contributed by atoms with Crippen molar-refractivity contribution in [2.75, 3.05) is 7.05 Å². The Labute approximate surface area is 99.2 Å². The molecule has 2 amide bonds. The summed E-state index contributed by atoms with van der Waals surface area (Å²) in [6.45, 7) is 2.08. The maximum absolute atomic E-state index is 11.7. The van der Waals surface area contributed by atoms with Crippen molar-refractivity contribution in [3.63, 3.8) is 0 Å². The highest BCUT2D eigenvalue weighted by Gasteiger charge is 2.19. The molecular formula is C11H16N2O4. The Bertz CT molecular complexity index is 375. The molecule has 0 saturated carbocycles. The predicted molar refractivity (Wildman–Crippen MR) is 60.4 cm³/mol. The van der Waals surface area contributed by atoms with Crippen molar-refractivity contribution in [2.24, 2.45) is 0 Å². The zero-order chi connectivity index (χ0) is 12.8. The van der Waals surface area contributed by atoms with Crippen LogP contribution < -0.4 is 5.32 Å². The average molecular weight is 240 g/mol. The zero-order valence-corrected chi connectivity index (χ0v) is 9.84. The monoisotopic (exact) mass is 240 g/mol. The number of carboxylic acids is 1. The molecule has 17 heavy (non-hydrogen) atoms. The summed E-state index contributed by atoms with van der Waals surface area (Å²) in [5, 5.41) is 11.2. The van der Waals surface area contributed by atoms with Gasteiger partial charge in [-0.2, -0.15) is 0 Å². The fourth-order valence-electron chi connectivity index (χ4n) is 1.33. The standard InChI is InChI=1S/C11H16N2O4/c1-3-9(10(14)15)12-11(16)13(2)6-8-4-5-17-7-8/h4-5,7,9H,3,6H2,1-2H3,(H,12,16)(H,14,15). The molecule has 1 atom stereocenters. The van der Waals surface area contributed by atoms with Gasteiger partial charge in [0.2, 0.25) is 0 Å². The van der Waals surface area contributed by atoms with E-state index in [2.05, 4.69) is 5.32 Å². The Kier molecular flexibility index (Phi) is 4.56. The Morgan fingerprint density at radius 2 is 2.29 bits per heavy atom. The normalized spacial score (nSPS) is 11.9. The van der Waals surface area contributed by atoms with Gasteiger partial charge < -0.3 is 19.7 Å². The van der Waals surface area contributed by atoms with Gasteiger partial charge in [0.15, 0.2) is 0 Å². The van der Waals surface area contributed by atoms with E-state index in [9.17, 15) is 9.59 Å². The summed E-state index contributed by atoms with van der Waals surface area (Å²) in [6.07, 6.45) is 3.41. The molecule has 1 heterocycles. The van der Waals surface area contributed by atoms with E-state index in [1.165, 1.54) is 17.4 Å². The summed E-state index contributed by atoms with van der Waals surface area (Å²) in [4.78, 5) is 23.8. The van der Waals surface area contributed by atoms with Gasteiger partial charge in [-0.25, -0.2) is 9.59 Å². The maximum atomic E-state index is 11.7. The first kappa shape index (κ1) is 13.1. The molecule has 0 fully saturated rings. The highest BCUT2D eigenvalue weighted by Crippen LogP contribution is 2.04. The van der Waals surface area contributed by atoms with Crippen molar-refractivity contribution in [3.8, 4) is 0 Å². The summed E-state index contributed by atoms with van der Waals surface area (Å²) < 4.78 is 4.88. The number of carboxylic acid groups (broad SMARTS) is 1. The summed E-state index contributed by atoms with van der Waals surface area (Å²) in [6, 6.07) is 0.480. The number of amides is 2. The number of hydrogen-bond acceptors (Lipinski definition) is 3. The number of aliphatic carboxylic acids is 1. The van der Waals surface area contributed by atoms with E-state index in [0.29, 0.717) is 13.0 Å². The number of rotatable bonds is 5. The zero-order valence-electron chi connectivity index (χ0n) is 9.84. The molecule has 0 aromatic carbocycles. The summed E-state index contributed by atoms with van der Waals surface area (Å²) in [7, 11) is 1.59. The van der Waals surface area contributed by atoms with E-state index in [0.717, 1.165) is 5.56 Å². The molecule has 0 aliphatic rings. The third-order valence-corrected chi connectivity index (χ3v) is 2.35. The topological polar surface area (TPSA) is 82.8 Å². The number of furan rings is 1. The quantitative estimate of drug-likeness (QED) is 0.812. The lowest BCUT2D eigenvalue weighted by Crippen LogP contribution is -2.46. The van der Waals surface area contributed by atoms with Gasteiger partial charge in [0.25, 0.3) is 0 Å². The van der Waals surface area contributed by atoms with Crippen LogP contribution in [0.15, 0.2) is 23.0 Å². The van der Waals surface area contributed by atoms with Crippen LogP contribution in [0.2, 0.25) is 0 Å². The van der Waals surface area contributed by atoms with Crippen molar-refractivity contribution in [1.29, 1.82) is 0 Å².